The van der Waals surface area contributed by atoms with E-state index in [9.17, 15) is 14.4 Å². The quantitative estimate of drug-likeness (QED) is 0.841. The molecule has 4 heteroatoms. The van der Waals surface area contributed by atoms with Crippen molar-refractivity contribution in [1.82, 2.24) is 0 Å². The van der Waals surface area contributed by atoms with Gasteiger partial charge < -0.3 is 5.11 Å². The number of phenolic OH excluding ortho intramolecular Hbond substituents is 1. The van der Waals surface area contributed by atoms with Gasteiger partial charge in [-0.2, -0.15) is 0 Å². The van der Waals surface area contributed by atoms with E-state index in [1.54, 1.807) is 18.2 Å². The molecule has 0 amide bonds. The fourth-order valence-corrected chi connectivity index (χ4v) is 2.34. The van der Waals surface area contributed by atoms with Gasteiger partial charge in [-0.1, -0.05) is 32.4 Å². The molecular formula is C14H19FO3. The third kappa shape index (κ3) is 3.45. The maximum Gasteiger partial charge on any atom is 0.352 e. The zero-order valence-corrected chi connectivity index (χ0v) is 10.7. The molecule has 3 nitrogen and oxygen atoms in total. The van der Waals surface area contributed by atoms with E-state index < -0.39 is 11.9 Å². The second-order valence-corrected chi connectivity index (χ2v) is 4.40. The van der Waals surface area contributed by atoms with Crippen molar-refractivity contribution in [1.29, 1.82) is 0 Å². The third-order valence-electron chi connectivity index (χ3n) is 3.20. The number of hydrogen-bond acceptors (Lipinski definition) is 3. The molecule has 0 aromatic heterocycles. The van der Waals surface area contributed by atoms with E-state index in [0.717, 1.165) is 18.4 Å². The standard InChI is InChI=1S/C14H19FO3/c1-3-6-13(12(4-2)14(17)18-15)10-7-5-8-11(16)9-10/h5,7-9,12-13,16H,3-4,6H2,1-2H3. The number of halogens is 1. The van der Waals surface area contributed by atoms with Crippen LogP contribution in [0.3, 0.4) is 0 Å². The molecule has 0 heterocycles. The Morgan fingerprint density at radius 3 is 2.67 bits per heavy atom. The molecule has 0 saturated carbocycles. The van der Waals surface area contributed by atoms with E-state index in [1.807, 2.05) is 19.9 Å². The molecule has 0 fully saturated rings. The Bertz CT molecular complexity index is 392. The lowest BCUT2D eigenvalue weighted by Gasteiger charge is -2.23. The molecule has 0 bridgehead atoms. The number of phenols is 1. The minimum absolute atomic E-state index is 0.129. The van der Waals surface area contributed by atoms with Crippen molar-refractivity contribution >= 4 is 5.97 Å². The Labute approximate surface area is 106 Å². The summed E-state index contributed by atoms with van der Waals surface area (Å²) in [5.41, 5.74) is 0.842. The highest BCUT2D eigenvalue weighted by molar-refractivity contribution is 5.73. The van der Waals surface area contributed by atoms with Gasteiger partial charge in [-0.05, 0) is 36.5 Å². The Hall–Kier alpha value is -1.58. The second-order valence-electron chi connectivity index (χ2n) is 4.40. The first-order valence-corrected chi connectivity index (χ1v) is 6.25. The lowest BCUT2D eigenvalue weighted by molar-refractivity contribution is -0.190. The van der Waals surface area contributed by atoms with Gasteiger partial charge in [-0.25, -0.2) is 4.79 Å². The number of carbonyl (C=O) groups is 1. The van der Waals surface area contributed by atoms with E-state index in [0.29, 0.717) is 6.42 Å². The van der Waals surface area contributed by atoms with Crippen molar-refractivity contribution < 1.29 is 19.4 Å². The van der Waals surface area contributed by atoms with E-state index in [2.05, 4.69) is 4.94 Å². The molecule has 0 aliphatic rings. The average Bonchev–Trinajstić information content (AvgIpc) is 2.38. The molecule has 0 radical (unpaired) electrons. The predicted molar refractivity (Wildman–Crippen MR) is 66.7 cm³/mol. The number of hydrogen-bond donors (Lipinski definition) is 1. The monoisotopic (exact) mass is 254 g/mol. The number of rotatable bonds is 6. The predicted octanol–water partition coefficient (Wildman–Crippen LogP) is 3.73. The maximum atomic E-state index is 12.1. The van der Waals surface area contributed by atoms with Crippen LogP contribution < -0.4 is 0 Å². The summed E-state index contributed by atoms with van der Waals surface area (Å²) in [6.07, 6.45) is 2.12. The molecule has 100 valence electrons. The highest BCUT2D eigenvalue weighted by Crippen LogP contribution is 2.34. The smallest absolute Gasteiger partial charge is 0.352 e. The van der Waals surface area contributed by atoms with Crippen LogP contribution in [-0.4, -0.2) is 11.1 Å². The molecule has 0 aliphatic carbocycles. The Balaban J connectivity index is 3.03. The number of aromatic hydroxyl groups is 1. The van der Waals surface area contributed by atoms with Gasteiger partial charge in [0.2, 0.25) is 0 Å². The van der Waals surface area contributed by atoms with Crippen LogP contribution in [0.15, 0.2) is 24.3 Å². The average molecular weight is 254 g/mol. The van der Waals surface area contributed by atoms with Crippen molar-refractivity contribution in [2.45, 2.75) is 39.0 Å². The van der Waals surface area contributed by atoms with Gasteiger partial charge in [0, 0.05) is 4.53 Å². The summed E-state index contributed by atoms with van der Waals surface area (Å²) >= 11 is 0. The van der Waals surface area contributed by atoms with Gasteiger partial charge in [0.15, 0.2) is 0 Å². The van der Waals surface area contributed by atoms with E-state index in [4.69, 9.17) is 0 Å². The summed E-state index contributed by atoms with van der Waals surface area (Å²) < 4.78 is 12.1. The van der Waals surface area contributed by atoms with Crippen LogP contribution >= 0.6 is 0 Å². The molecule has 2 atom stereocenters. The first kappa shape index (κ1) is 14.5. The van der Waals surface area contributed by atoms with Crippen molar-refractivity contribution in [3.8, 4) is 5.75 Å². The Kier molecular flexibility index (Phi) is 5.62. The fraction of sp³-hybridized carbons (Fsp3) is 0.500. The van der Waals surface area contributed by atoms with Crippen LogP contribution in [0.4, 0.5) is 4.53 Å². The zero-order valence-electron chi connectivity index (χ0n) is 10.7. The van der Waals surface area contributed by atoms with Crippen LogP contribution in [-0.2, 0) is 9.74 Å². The topological polar surface area (TPSA) is 46.5 Å². The summed E-state index contributed by atoms with van der Waals surface area (Å²) in [5.74, 6) is -1.33. The van der Waals surface area contributed by atoms with Gasteiger partial charge >= 0.3 is 5.97 Å². The molecule has 1 N–H and O–H groups in total. The van der Waals surface area contributed by atoms with Crippen LogP contribution in [0.5, 0.6) is 5.75 Å². The number of carbonyl (C=O) groups excluding carboxylic acids is 1. The van der Waals surface area contributed by atoms with Crippen molar-refractivity contribution in [3.05, 3.63) is 29.8 Å². The van der Waals surface area contributed by atoms with Crippen LogP contribution in [0.1, 0.15) is 44.6 Å². The summed E-state index contributed by atoms with van der Waals surface area (Å²) in [6.45, 7) is 3.83. The first-order chi connectivity index (χ1) is 8.63. The van der Waals surface area contributed by atoms with Crippen molar-refractivity contribution in [2.24, 2.45) is 5.92 Å². The van der Waals surface area contributed by atoms with Crippen molar-refractivity contribution in [3.63, 3.8) is 0 Å². The number of benzene rings is 1. The van der Waals surface area contributed by atoms with Gasteiger partial charge in [0.05, 0.1) is 5.92 Å². The Morgan fingerprint density at radius 2 is 2.17 bits per heavy atom. The molecule has 1 aromatic carbocycles. The molecule has 1 rings (SSSR count). The van der Waals surface area contributed by atoms with Gasteiger partial charge in [-0.3, -0.25) is 4.94 Å². The highest BCUT2D eigenvalue weighted by Gasteiger charge is 2.29. The molecule has 0 spiro atoms. The van der Waals surface area contributed by atoms with Crippen LogP contribution in [0.2, 0.25) is 0 Å². The molecule has 2 unspecified atom stereocenters. The molecular weight excluding hydrogens is 235 g/mol. The van der Waals surface area contributed by atoms with E-state index in [1.165, 1.54) is 0 Å². The summed E-state index contributed by atoms with van der Waals surface area (Å²) in [7, 11) is 0. The first-order valence-electron chi connectivity index (χ1n) is 6.25. The molecule has 0 saturated heterocycles. The lowest BCUT2D eigenvalue weighted by atomic mass is 9.81. The molecule has 1 aromatic rings. The minimum Gasteiger partial charge on any atom is -0.508 e. The lowest BCUT2D eigenvalue weighted by Crippen LogP contribution is -2.22. The highest BCUT2D eigenvalue weighted by atomic mass is 19.3. The van der Waals surface area contributed by atoms with Gasteiger partial charge in [0.1, 0.15) is 5.75 Å². The van der Waals surface area contributed by atoms with Crippen LogP contribution in [0.25, 0.3) is 0 Å². The Morgan fingerprint density at radius 1 is 1.44 bits per heavy atom. The van der Waals surface area contributed by atoms with E-state index >= 15 is 0 Å². The minimum atomic E-state index is -0.834. The fourth-order valence-electron chi connectivity index (χ4n) is 2.34. The normalized spacial score (nSPS) is 13.9. The van der Waals surface area contributed by atoms with Gasteiger partial charge in [-0.15, -0.1) is 0 Å². The van der Waals surface area contributed by atoms with Gasteiger partial charge in [0.25, 0.3) is 0 Å². The van der Waals surface area contributed by atoms with Crippen molar-refractivity contribution in [2.75, 3.05) is 0 Å². The second kappa shape index (κ2) is 6.99. The van der Waals surface area contributed by atoms with Crippen LogP contribution in [0, 0.1) is 5.92 Å². The third-order valence-corrected chi connectivity index (χ3v) is 3.20. The summed E-state index contributed by atoms with van der Waals surface area (Å²) in [5, 5.41) is 9.49. The molecule has 0 aliphatic heterocycles. The zero-order chi connectivity index (χ0) is 13.5. The molecule has 18 heavy (non-hydrogen) atoms. The summed E-state index contributed by atoms with van der Waals surface area (Å²) in [6, 6.07) is 6.75. The largest absolute Gasteiger partial charge is 0.508 e. The van der Waals surface area contributed by atoms with E-state index in [-0.39, 0.29) is 11.7 Å². The maximum absolute atomic E-state index is 12.1. The SMILES string of the molecule is CCCC(c1cccc(O)c1)C(CC)C(=O)OF. The summed E-state index contributed by atoms with van der Waals surface area (Å²) in [4.78, 5) is 14.8.